The molecule has 0 saturated heterocycles. The van der Waals surface area contributed by atoms with E-state index in [9.17, 15) is 4.79 Å². The van der Waals surface area contributed by atoms with Gasteiger partial charge in [-0.25, -0.2) is 0 Å². The monoisotopic (exact) mass is 195 g/mol. The summed E-state index contributed by atoms with van der Waals surface area (Å²) in [6, 6.07) is 0. The van der Waals surface area contributed by atoms with E-state index in [1.54, 1.807) is 13.8 Å². The quantitative estimate of drug-likeness (QED) is 0.627. The van der Waals surface area contributed by atoms with Crippen molar-refractivity contribution in [2.24, 2.45) is 5.92 Å². The minimum atomic E-state index is -0.741. The molecule has 0 aromatic heterocycles. The zero-order chi connectivity index (χ0) is 5.15. The van der Waals surface area contributed by atoms with Gasteiger partial charge in [-0.2, -0.15) is 0 Å². The van der Waals surface area contributed by atoms with Crippen molar-refractivity contribution in [1.29, 1.82) is 0 Å². The molecule has 0 aliphatic heterocycles. The summed E-state index contributed by atoms with van der Waals surface area (Å²) in [5.74, 6) is -0.972. The molecule has 0 rings (SSSR count). The molecule has 0 aromatic rings. The summed E-state index contributed by atoms with van der Waals surface area (Å²) in [5, 5.41) is 7.99. The van der Waals surface area contributed by atoms with Crippen molar-refractivity contribution in [3.05, 3.63) is 0 Å². The molecule has 0 spiro atoms. The van der Waals surface area contributed by atoms with Gasteiger partial charge in [-0.1, -0.05) is 13.8 Å². The van der Waals surface area contributed by atoms with Gasteiger partial charge in [-0.15, -0.1) is 0 Å². The largest absolute Gasteiger partial charge is 0.481 e. The van der Waals surface area contributed by atoms with Crippen LogP contribution in [-0.2, 0) is 27.2 Å². The van der Waals surface area contributed by atoms with Crippen LogP contribution in [-0.4, -0.2) is 11.1 Å². The van der Waals surface area contributed by atoms with Crippen LogP contribution in [0.3, 0.4) is 0 Å². The number of hydrogen-bond donors (Lipinski definition) is 1. The molecule has 0 heterocycles. The molecule has 0 amide bonds. The second-order valence-corrected chi connectivity index (χ2v) is 1.49. The number of carboxylic acids is 1. The van der Waals surface area contributed by atoms with E-state index in [2.05, 4.69) is 0 Å². The third-order valence-electron chi connectivity index (χ3n) is 0.494. The van der Waals surface area contributed by atoms with E-state index in [0.29, 0.717) is 0 Å². The molecule has 0 fully saturated rings. The molecule has 0 unspecified atom stereocenters. The van der Waals surface area contributed by atoms with Crippen molar-refractivity contribution in [2.75, 3.05) is 0 Å². The summed E-state index contributed by atoms with van der Waals surface area (Å²) >= 11 is 0. The van der Waals surface area contributed by atoms with Crippen LogP contribution in [0.2, 0.25) is 0 Å². The average Bonchev–Trinajstić information content (AvgIpc) is 1.36. The van der Waals surface area contributed by atoms with Crippen LogP contribution >= 0.6 is 0 Å². The van der Waals surface area contributed by atoms with Gasteiger partial charge in [-0.05, 0) is 0 Å². The molecule has 0 aliphatic carbocycles. The van der Waals surface area contributed by atoms with Crippen molar-refractivity contribution < 1.29 is 32.3 Å². The van der Waals surface area contributed by atoms with Gasteiger partial charge < -0.3 is 5.11 Å². The Hall–Kier alpha value is 0.210. The third-order valence-corrected chi connectivity index (χ3v) is 0.494. The van der Waals surface area contributed by atoms with Crippen LogP contribution in [0.15, 0.2) is 0 Å². The Bertz CT molecular complexity index is 60.7. The van der Waals surface area contributed by atoms with Gasteiger partial charge in [0.05, 0.1) is 5.92 Å². The predicted molar refractivity (Wildman–Crippen MR) is 22.5 cm³/mol. The molecule has 0 aromatic carbocycles. The average molecular weight is 196 g/mol. The van der Waals surface area contributed by atoms with Crippen molar-refractivity contribution in [3.8, 4) is 0 Å². The summed E-state index contributed by atoms with van der Waals surface area (Å²) < 4.78 is 0. The van der Waals surface area contributed by atoms with Crippen LogP contribution in [0.5, 0.6) is 0 Å². The van der Waals surface area contributed by atoms with Crippen molar-refractivity contribution in [3.63, 3.8) is 0 Å². The number of aliphatic carboxylic acids is 1. The van der Waals surface area contributed by atoms with Crippen LogP contribution < -0.4 is 0 Å². The van der Waals surface area contributed by atoms with E-state index in [-0.39, 0.29) is 28.3 Å². The first kappa shape index (κ1) is 10.2. The van der Waals surface area contributed by atoms with Crippen LogP contribution in [0, 0.1) is 5.92 Å². The SMILES string of the molecule is CC(C)C(=O)O.[Ag]. The van der Waals surface area contributed by atoms with E-state index < -0.39 is 5.97 Å². The van der Waals surface area contributed by atoms with Gasteiger partial charge in [0.15, 0.2) is 0 Å². The fourth-order valence-corrected chi connectivity index (χ4v) is 0. The maximum Gasteiger partial charge on any atom is 0.305 e. The molecule has 1 N–H and O–H groups in total. The van der Waals surface area contributed by atoms with E-state index in [4.69, 9.17) is 5.11 Å². The normalized spacial score (nSPS) is 7.86. The summed E-state index contributed by atoms with van der Waals surface area (Å²) in [6.07, 6.45) is 0. The molecule has 1 radical (unpaired) electrons. The Balaban J connectivity index is 0. The van der Waals surface area contributed by atoms with Gasteiger partial charge in [0.25, 0.3) is 0 Å². The molecule has 7 heavy (non-hydrogen) atoms. The van der Waals surface area contributed by atoms with Crippen LogP contribution in [0.25, 0.3) is 0 Å². The van der Waals surface area contributed by atoms with E-state index >= 15 is 0 Å². The first-order valence-corrected chi connectivity index (χ1v) is 1.87. The Morgan fingerprint density at radius 3 is 1.71 bits per heavy atom. The van der Waals surface area contributed by atoms with E-state index in [1.807, 2.05) is 0 Å². The van der Waals surface area contributed by atoms with Gasteiger partial charge in [0.2, 0.25) is 0 Å². The molecule has 0 atom stereocenters. The molecule has 0 aliphatic rings. The van der Waals surface area contributed by atoms with Crippen molar-refractivity contribution in [1.82, 2.24) is 0 Å². The Labute approximate surface area is 58.4 Å². The van der Waals surface area contributed by atoms with Gasteiger partial charge in [-0.3, -0.25) is 4.79 Å². The fraction of sp³-hybridized carbons (Fsp3) is 0.750. The first-order valence-electron chi connectivity index (χ1n) is 1.87. The van der Waals surface area contributed by atoms with Crippen molar-refractivity contribution in [2.45, 2.75) is 13.8 Å². The maximum absolute atomic E-state index is 9.70. The smallest absolute Gasteiger partial charge is 0.305 e. The first-order chi connectivity index (χ1) is 2.64. The zero-order valence-electron chi connectivity index (χ0n) is 4.23. The number of rotatable bonds is 1. The number of carboxylic acid groups (broad SMARTS) is 1. The number of carbonyl (C=O) groups is 1. The summed E-state index contributed by atoms with van der Waals surface area (Å²) in [4.78, 5) is 9.70. The van der Waals surface area contributed by atoms with Crippen LogP contribution in [0.4, 0.5) is 0 Å². The predicted octanol–water partition coefficient (Wildman–Crippen LogP) is 0.724. The topological polar surface area (TPSA) is 37.3 Å². The van der Waals surface area contributed by atoms with Crippen molar-refractivity contribution >= 4 is 5.97 Å². The van der Waals surface area contributed by atoms with Crippen LogP contribution in [0.1, 0.15) is 13.8 Å². The standard InChI is InChI=1S/C4H8O2.Ag/c1-3(2)4(5)6;/h3H,1-2H3,(H,5,6);. The minimum absolute atomic E-state index is 0. The molecule has 3 heteroatoms. The van der Waals surface area contributed by atoms with Gasteiger partial charge in [0, 0.05) is 22.4 Å². The Morgan fingerprint density at radius 2 is 1.71 bits per heavy atom. The fourth-order valence-electron chi connectivity index (χ4n) is 0. The Kier molecular flexibility index (Phi) is 6.40. The maximum atomic E-state index is 9.70. The number of hydrogen-bond acceptors (Lipinski definition) is 1. The van der Waals surface area contributed by atoms with Gasteiger partial charge >= 0.3 is 5.97 Å². The second kappa shape index (κ2) is 4.37. The van der Waals surface area contributed by atoms with E-state index in [0.717, 1.165) is 0 Å². The summed E-state index contributed by atoms with van der Waals surface area (Å²) in [7, 11) is 0. The van der Waals surface area contributed by atoms with E-state index in [1.165, 1.54) is 0 Å². The van der Waals surface area contributed by atoms with Gasteiger partial charge in [0.1, 0.15) is 0 Å². The summed E-state index contributed by atoms with van der Waals surface area (Å²) in [5.41, 5.74) is 0. The Morgan fingerprint density at radius 1 is 1.57 bits per heavy atom. The molecule has 47 valence electrons. The molecular weight excluding hydrogens is 188 g/mol. The molecule has 0 bridgehead atoms. The molecular formula is C4H8AgO2. The minimum Gasteiger partial charge on any atom is -0.481 e. The third kappa shape index (κ3) is 6.21. The summed E-state index contributed by atoms with van der Waals surface area (Å²) in [6.45, 7) is 3.28. The zero-order valence-corrected chi connectivity index (χ0v) is 5.72. The molecule has 0 saturated carbocycles. The molecule has 2 nitrogen and oxygen atoms in total. The second-order valence-electron chi connectivity index (χ2n) is 1.49.